The summed E-state index contributed by atoms with van der Waals surface area (Å²) in [5.74, 6) is 0.680. The van der Waals surface area contributed by atoms with Crippen LogP contribution >= 0.6 is 22.9 Å². The quantitative estimate of drug-likeness (QED) is 0.827. The van der Waals surface area contributed by atoms with Crippen LogP contribution < -0.4 is 5.32 Å². The molecule has 0 spiro atoms. The molecule has 1 aromatic carbocycles. The summed E-state index contributed by atoms with van der Waals surface area (Å²) >= 11 is 7.52. The maximum Gasteiger partial charge on any atom is 0.147 e. The molecule has 19 heavy (non-hydrogen) atoms. The predicted molar refractivity (Wildman–Crippen MR) is 81.8 cm³/mol. The van der Waals surface area contributed by atoms with Gasteiger partial charge >= 0.3 is 0 Å². The van der Waals surface area contributed by atoms with Crippen molar-refractivity contribution in [2.75, 3.05) is 13.1 Å². The molecule has 1 aromatic heterocycles. The third kappa shape index (κ3) is 4.56. The van der Waals surface area contributed by atoms with Gasteiger partial charge in [-0.3, -0.25) is 0 Å². The second-order valence-corrected chi connectivity index (χ2v) is 6.35. The molecule has 0 atom stereocenters. The fourth-order valence-electron chi connectivity index (χ4n) is 1.65. The molecule has 0 radical (unpaired) electrons. The van der Waals surface area contributed by atoms with Crippen LogP contribution in [0.15, 0.2) is 24.3 Å². The Hall–Kier alpha value is -0.970. The molecule has 5 heteroatoms. The Morgan fingerprint density at radius 2 is 1.95 bits per heavy atom. The molecule has 0 saturated heterocycles. The minimum absolute atomic E-state index is 0.680. The topological polar surface area (TPSA) is 37.8 Å². The maximum absolute atomic E-state index is 5.87. The van der Waals surface area contributed by atoms with Crippen LogP contribution in [-0.4, -0.2) is 23.3 Å². The van der Waals surface area contributed by atoms with E-state index in [0.717, 1.165) is 40.1 Å². The summed E-state index contributed by atoms with van der Waals surface area (Å²) in [6.07, 6.45) is 0.929. The molecule has 0 fully saturated rings. The van der Waals surface area contributed by atoms with Crippen LogP contribution in [0.1, 0.15) is 18.9 Å². The van der Waals surface area contributed by atoms with Crippen molar-refractivity contribution >= 4 is 22.9 Å². The standard InChI is InChI=1S/C14H18ClN3S/c1-10(2)9-16-8-7-13-17-18-14(19-13)11-3-5-12(15)6-4-11/h3-6,10,16H,7-9H2,1-2H3. The largest absolute Gasteiger partial charge is 0.316 e. The van der Waals surface area contributed by atoms with Gasteiger partial charge in [-0.15, -0.1) is 10.2 Å². The zero-order valence-electron chi connectivity index (χ0n) is 11.2. The zero-order chi connectivity index (χ0) is 13.7. The lowest BCUT2D eigenvalue weighted by molar-refractivity contribution is 0.553. The monoisotopic (exact) mass is 295 g/mol. The van der Waals surface area contributed by atoms with Gasteiger partial charge in [0.25, 0.3) is 0 Å². The van der Waals surface area contributed by atoms with E-state index in [9.17, 15) is 0 Å². The number of hydrogen-bond donors (Lipinski definition) is 1. The molecule has 1 heterocycles. The third-order valence-corrected chi connectivity index (χ3v) is 3.91. The summed E-state index contributed by atoms with van der Waals surface area (Å²) < 4.78 is 0. The first kappa shape index (κ1) is 14.4. The Morgan fingerprint density at radius 1 is 1.21 bits per heavy atom. The van der Waals surface area contributed by atoms with Crippen molar-refractivity contribution in [3.05, 3.63) is 34.3 Å². The molecule has 2 rings (SSSR count). The summed E-state index contributed by atoms with van der Waals surface area (Å²) in [5.41, 5.74) is 1.07. The first-order chi connectivity index (χ1) is 9.15. The first-order valence-corrected chi connectivity index (χ1v) is 7.63. The van der Waals surface area contributed by atoms with E-state index >= 15 is 0 Å². The zero-order valence-corrected chi connectivity index (χ0v) is 12.8. The van der Waals surface area contributed by atoms with E-state index in [4.69, 9.17) is 11.6 Å². The lowest BCUT2D eigenvalue weighted by Crippen LogP contribution is -2.22. The molecule has 2 aromatic rings. The van der Waals surface area contributed by atoms with Crippen LogP contribution in [0, 0.1) is 5.92 Å². The van der Waals surface area contributed by atoms with Gasteiger partial charge in [-0.25, -0.2) is 0 Å². The van der Waals surface area contributed by atoms with Gasteiger partial charge in [-0.2, -0.15) is 0 Å². The molecule has 0 bridgehead atoms. The van der Waals surface area contributed by atoms with E-state index in [-0.39, 0.29) is 0 Å². The number of halogens is 1. The Balaban J connectivity index is 1.90. The lowest BCUT2D eigenvalue weighted by atomic mass is 10.2. The summed E-state index contributed by atoms with van der Waals surface area (Å²) in [6.45, 7) is 6.41. The molecule has 0 aliphatic rings. The molecular weight excluding hydrogens is 278 g/mol. The van der Waals surface area contributed by atoms with Crippen molar-refractivity contribution in [3.63, 3.8) is 0 Å². The van der Waals surface area contributed by atoms with Gasteiger partial charge in [-0.1, -0.05) is 48.9 Å². The average Bonchev–Trinajstić information content (AvgIpc) is 2.84. The van der Waals surface area contributed by atoms with Crippen molar-refractivity contribution in [2.45, 2.75) is 20.3 Å². The molecule has 0 saturated carbocycles. The molecule has 1 N–H and O–H groups in total. The normalized spacial score (nSPS) is 11.2. The Labute approximate surface area is 123 Å². The van der Waals surface area contributed by atoms with E-state index in [1.54, 1.807) is 11.3 Å². The van der Waals surface area contributed by atoms with Gasteiger partial charge in [0.05, 0.1) is 0 Å². The highest BCUT2D eigenvalue weighted by atomic mass is 35.5. The smallest absolute Gasteiger partial charge is 0.147 e. The lowest BCUT2D eigenvalue weighted by Gasteiger charge is -2.05. The maximum atomic E-state index is 5.87. The van der Waals surface area contributed by atoms with Crippen LogP contribution in [0.2, 0.25) is 5.02 Å². The molecular formula is C14H18ClN3S. The van der Waals surface area contributed by atoms with E-state index < -0.39 is 0 Å². The van der Waals surface area contributed by atoms with E-state index in [1.807, 2.05) is 24.3 Å². The Kier molecular flexibility index (Phi) is 5.31. The van der Waals surface area contributed by atoms with Crippen molar-refractivity contribution in [3.8, 4) is 10.6 Å². The highest BCUT2D eigenvalue weighted by Gasteiger charge is 2.06. The molecule has 0 amide bonds. The van der Waals surface area contributed by atoms with Crippen LogP contribution in [0.25, 0.3) is 10.6 Å². The molecule has 0 aliphatic carbocycles. The third-order valence-electron chi connectivity index (χ3n) is 2.63. The van der Waals surface area contributed by atoms with Gasteiger partial charge in [-0.05, 0) is 24.6 Å². The number of nitrogens with one attached hydrogen (secondary N) is 1. The van der Waals surface area contributed by atoms with Crippen LogP contribution in [0.5, 0.6) is 0 Å². The van der Waals surface area contributed by atoms with E-state index in [0.29, 0.717) is 5.92 Å². The molecule has 102 valence electrons. The predicted octanol–water partition coefficient (Wildman–Crippen LogP) is 3.65. The van der Waals surface area contributed by atoms with E-state index in [2.05, 4.69) is 29.4 Å². The highest BCUT2D eigenvalue weighted by Crippen LogP contribution is 2.24. The minimum atomic E-state index is 0.680. The summed E-state index contributed by atoms with van der Waals surface area (Å²) in [5, 5.41) is 14.6. The van der Waals surface area contributed by atoms with Crippen LogP contribution in [-0.2, 0) is 6.42 Å². The fourth-order valence-corrected chi connectivity index (χ4v) is 2.62. The van der Waals surface area contributed by atoms with Crippen LogP contribution in [0.4, 0.5) is 0 Å². The van der Waals surface area contributed by atoms with E-state index in [1.165, 1.54) is 0 Å². The second kappa shape index (κ2) is 6.98. The number of nitrogens with zero attached hydrogens (tertiary/aromatic N) is 2. The summed E-state index contributed by atoms with van der Waals surface area (Å²) in [7, 11) is 0. The van der Waals surface area contributed by atoms with Crippen molar-refractivity contribution < 1.29 is 0 Å². The molecule has 0 unspecified atom stereocenters. The fraction of sp³-hybridized carbons (Fsp3) is 0.429. The number of rotatable bonds is 6. The average molecular weight is 296 g/mol. The summed E-state index contributed by atoms with van der Waals surface area (Å²) in [6, 6.07) is 7.71. The SMILES string of the molecule is CC(C)CNCCc1nnc(-c2ccc(Cl)cc2)s1. The second-order valence-electron chi connectivity index (χ2n) is 4.86. The summed E-state index contributed by atoms with van der Waals surface area (Å²) in [4.78, 5) is 0. The molecule has 0 aliphatic heterocycles. The van der Waals surface area contributed by atoms with Gasteiger partial charge in [0, 0.05) is 23.6 Å². The number of hydrogen-bond acceptors (Lipinski definition) is 4. The number of benzene rings is 1. The van der Waals surface area contributed by atoms with Crippen molar-refractivity contribution in [2.24, 2.45) is 5.92 Å². The van der Waals surface area contributed by atoms with Crippen molar-refractivity contribution in [1.29, 1.82) is 0 Å². The highest BCUT2D eigenvalue weighted by molar-refractivity contribution is 7.14. The van der Waals surface area contributed by atoms with Gasteiger partial charge in [0.15, 0.2) is 0 Å². The van der Waals surface area contributed by atoms with Gasteiger partial charge in [0.2, 0.25) is 0 Å². The Bertz CT molecular complexity index is 508. The number of aromatic nitrogens is 2. The van der Waals surface area contributed by atoms with Crippen LogP contribution in [0.3, 0.4) is 0 Å². The molecule has 3 nitrogen and oxygen atoms in total. The van der Waals surface area contributed by atoms with Gasteiger partial charge < -0.3 is 5.32 Å². The first-order valence-electron chi connectivity index (χ1n) is 6.44. The van der Waals surface area contributed by atoms with Crippen molar-refractivity contribution in [1.82, 2.24) is 15.5 Å². The minimum Gasteiger partial charge on any atom is -0.316 e. The van der Waals surface area contributed by atoms with Gasteiger partial charge in [0.1, 0.15) is 10.0 Å². The Morgan fingerprint density at radius 3 is 2.63 bits per heavy atom.